The fraction of sp³-hybridized carbons (Fsp3) is 0.0204. The molecule has 0 fully saturated rings. The maximum absolute atomic E-state index is 6.52. The van der Waals surface area contributed by atoms with Gasteiger partial charge < -0.3 is 4.42 Å². The molecule has 3 heterocycles. The van der Waals surface area contributed by atoms with Gasteiger partial charge in [0.1, 0.15) is 16.7 Å². The molecule has 0 saturated carbocycles. The molecule has 3 aromatic heterocycles. The molecule has 1 spiro atoms. The molecule has 12 rings (SSSR count). The number of furan rings is 1. The molecular weight excluding hydrogens is 633 g/mol. The van der Waals surface area contributed by atoms with Crippen LogP contribution in [0.25, 0.3) is 88.4 Å². The standard InChI is InChI=1S/C49H28N2O/c1-5-14-39-32(10-1)33-11-2-6-15-40(33)49(39)41-16-7-3-12-34(41)35-24-23-31(28-42(35)49)29-19-21-30(22-20-29)46-38-26-25-37-36-13-4-8-18-44(36)52-48(37)45(38)47-43(51-46)17-9-27-50-47/h1-28H. The van der Waals surface area contributed by atoms with Gasteiger partial charge in [-0.3, -0.25) is 4.98 Å². The lowest BCUT2D eigenvalue weighted by Crippen LogP contribution is -2.25. The lowest BCUT2D eigenvalue weighted by Gasteiger charge is -2.30. The van der Waals surface area contributed by atoms with E-state index in [2.05, 4.69) is 140 Å². The van der Waals surface area contributed by atoms with Crippen molar-refractivity contribution in [2.45, 2.75) is 5.41 Å². The van der Waals surface area contributed by atoms with Crippen molar-refractivity contribution >= 4 is 43.7 Å². The number of hydrogen-bond acceptors (Lipinski definition) is 3. The van der Waals surface area contributed by atoms with Gasteiger partial charge in [0.05, 0.1) is 22.0 Å². The van der Waals surface area contributed by atoms with Crippen molar-refractivity contribution in [3.8, 4) is 44.6 Å². The molecule has 240 valence electrons. The second-order valence-electron chi connectivity index (χ2n) is 14.0. The number of hydrogen-bond donors (Lipinski definition) is 0. The molecule has 0 N–H and O–H groups in total. The molecule has 10 aromatic rings. The lowest BCUT2D eigenvalue weighted by atomic mass is 9.70. The van der Waals surface area contributed by atoms with Gasteiger partial charge in [0.2, 0.25) is 0 Å². The van der Waals surface area contributed by atoms with Crippen LogP contribution in [0.2, 0.25) is 0 Å². The number of pyridine rings is 2. The van der Waals surface area contributed by atoms with Crippen molar-refractivity contribution in [2.24, 2.45) is 0 Å². The molecule has 0 bridgehead atoms. The predicted octanol–water partition coefficient (Wildman–Crippen LogP) is 12.4. The number of para-hydroxylation sites is 1. The van der Waals surface area contributed by atoms with Gasteiger partial charge in [-0.2, -0.15) is 0 Å². The van der Waals surface area contributed by atoms with Crippen molar-refractivity contribution in [3.63, 3.8) is 0 Å². The van der Waals surface area contributed by atoms with Gasteiger partial charge in [0, 0.05) is 27.9 Å². The average molecular weight is 661 g/mol. The van der Waals surface area contributed by atoms with E-state index in [0.29, 0.717) is 0 Å². The first-order valence-corrected chi connectivity index (χ1v) is 17.8. The van der Waals surface area contributed by atoms with Gasteiger partial charge >= 0.3 is 0 Å². The van der Waals surface area contributed by atoms with Crippen molar-refractivity contribution in [2.75, 3.05) is 0 Å². The summed E-state index contributed by atoms with van der Waals surface area (Å²) < 4.78 is 6.52. The number of nitrogens with zero attached hydrogens (tertiary/aromatic N) is 2. The Morgan fingerprint density at radius 2 is 1.04 bits per heavy atom. The molecule has 2 aliphatic rings. The van der Waals surface area contributed by atoms with E-state index in [-0.39, 0.29) is 5.41 Å². The zero-order chi connectivity index (χ0) is 34.0. The first-order chi connectivity index (χ1) is 25.8. The van der Waals surface area contributed by atoms with Crippen LogP contribution in [-0.2, 0) is 5.41 Å². The third-order valence-corrected chi connectivity index (χ3v) is 11.5. The second-order valence-corrected chi connectivity index (χ2v) is 14.0. The molecular formula is C49H28N2O. The summed E-state index contributed by atoms with van der Waals surface area (Å²) in [6.07, 6.45) is 1.83. The molecule has 0 aliphatic heterocycles. The smallest absolute Gasteiger partial charge is 0.145 e. The van der Waals surface area contributed by atoms with Crippen LogP contribution in [0.15, 0.2) is 174 Å². The summed E-state index contributed by atoms with van der Waals surface area (Å²) in [4.78, 5) is 9.99. The molecule has 3 nitrogen and oxygen atoms in total. The van der Waals surface area contributed by atoms with Crippen LogP contribution >= 0.6 is 0 Å². The zero-order valence-electron chi connectivity index (χ0n) is 28.0. The van der Waals surface area contributed by atoms with Crippen molar-refractivity contribution < 1.29 is 4.42 Å². The molecule has 0 amide bonds. The normalized spacial score (nSPS) is 13.5. The summed E-state index contributed by atoms with van der Waals surface area (Å²) >= 11 is 0. The fourth-order valence-corrected chi connectivity index (χ4v) is 9.40. The third-order valence-electron chi connectivity index (χ3n) is 11.5. The van der Waals surface area contributed by atoms with E-state index in [1.165, 1.54) is 55.6 Å². The Labute approximate surface area is 299 Å². The summed E-state index contributed by atoms with van der Waals surface area (Å²) in [5.41, 5.74) is 18.1. The van der Waals surface area contributed by atoms with Gasteiger partial charge in [0.15, 0.2) is 0 Å². The lowest BCUT2D eigenvalue weighted by molar-refractivity contribution is 0.673. The van der Waals surface area contributed by atoms with E-state index in [4.69, 9.17) is 14.4 Å². The highest BCUT2D eigenvalue weighted by atomic mass is 16.3. The van der Waals surface area contributed by atoms with Crippen molar-refractivity contribution in [1.29, 1.82) is 0 Å². The van der Waals surface area contributed by atoms with Crippen LogP contribution in [0.3, 0.4) is 0 Å². The van der Waals surface area contributed by atoms with Crippen LogP contribution in [0.1, 0.15) is 22.3 Å². The zero-order valence-corrected chi connectivity index (χ0v) is 28.0. The molecule has 3 heteroatoms. The third kappa shape index (κ3) is 3.49. The van der Waals surface area contributed by atoms with E-state index >= 15 is 0 Å². The molecule has 0 unspecified atom stereocenters. The van der Waals surface area contributed by atoms with Crippen LogP contribution in [0.4, 0.5) is 0 Å². The van der Waals surface area contributed by atoms with Gasteiger partial charge in [0.25, 0.3) is 0 Å². The Kier molecular flexibility index (Phi) is 5.43. The van der Waals surface area contributed by atoms with Gasteiger partial charge in [-0.25, -0.2) is 4.98 Å². The summed E-state index contributed by atoms with van der Waals surface area (Å²) in [5.74, 6) is 0. The molecule has 0 atom stereocenters. The van der Waals surface area contributed by atoms with Crippen LogP contribution in [-0.4, -0.2) is 9.97 Å². The summed E-state index contributed by atoms with van der Waals surface area (Å²) in [5, 5.41) is 4.22. The number of fused-ring (bicyclic) bond motifs is 17. The minimum absolute atomic E-state index is 0.362. The Bertz CT molecular complexity index is 3070. The Hall–Kier alpha value is -6.84. The topological polar surface area (TPSA) is 38.9 Å². The van der Waals surface area contributed by atoms with E-state index in [0.717, 1.165) is 55.0 Å². The van der Waals surface area contributed by atoms with E-state index in [1.54, 1.807) is 0 Å². The minimum Gasteiger partial charge on any atom is -0.455 e. The van der Waals surface area contributed by atoms with Crippen LogP contribution in [0.5, 0.6) is 0 Å². The number of benzene rings is 7. The monoisotopic (exact) mass is 660 g/mol. The largest absolute Gasteiger partial charge is 0.455 e. The Morgan fingerprint density at radius 1 is 0.442 bits per heavy atom. The first-order valence-electron chi connectivity index (χ1n) is 17.8. The molecule has 0 saturated heterocycles. The maximum atomic E-state index is 6.52. The van der Waals surface area contributed by atoms with Crippen LogP contribution < -0.4 is 0 Å². The number of aromatic nitrogens is 2. The minimum atomic E-state index is -0.362. The average Bonchev–Trinajstić information content (AvgIpc) is 3.84. The van der Waals surface area contributed by atoms with E-state index in [9.17, 15) is 0 Å². The maximum Gasteiger partial charge on any atom is 0.145 e. The second kappa shape index (κ2) is 10.1. The first kappa shape index (κ1) is 27.9. The SMILES string of the molecule is c1ccc2c(c1)-c1ccccc1C21c2ccccc2-c2ccc(-c3ccc(-c4nc5cccnc5c5c4ccc4c6ccccc6oc45)cc3)cc21. The molecule has 2 aliphatic carbocycles. The van der Waals surface area contributed by atoms with Gasteiger partial charge in [-0.05, 0) is 86.0 Å². The highest BCUT2D eigenvalue weighted by Crippen LogP contribution is 2.63. The number of rotatable bonds is 2. The van der Waals surface area contributed by atoms with Crippen LogP contribution in [0, 0.1) is 0 Å². The van der Waals surface area contributed by atoms with Crippen molar-refractivity contribution in [1.82, 2.24) is 9.97 Å². The fourth-order valence-electron chi connectivity index (χ4n) is 9.40. The Morgan fingerprint density at radius 3 is 1.77 bits per heavy atom. The van der Waals surface area contributed by atoms with E-state index in [1.807, 2.05) is 30.5 Å². The summed E-state index contributed by atoms with van der Waals surface area (Å²) in [7, 11) is 0. The summed E-state index contributed by atoms with van der Waals surface area (Å²) in [6, 6.07) is 59.4. The molecule has 7 aromatic carbocycles. The highest BCUT2D eigenvalue weighted by Gasteiger charge is 2.51. The molecule has 52 heavy (non-hydrogen) atoms. The predicted molar refractivity (Wildman–Crippen MR) is 211 cm³/mol. The van der Waals surface area contributed by atoms with E-state index < -0.39 is 0 Å². The summed E-state index contributed by atoms with van der Waals surface area (Å²) in [6.45, 7) is 0. The Balaban J connectivity index is 1.04. The van der Waals surface area contributed by atoms with Gasteiger partial charge in [-0.15, -0.1) is 0 Å². The quantitative estimate of drug-likeness (QED) is 0.173. The van der Waals surface area contributed by atoms with Crippen molar-refractivity contribution in [3.05, 3.63) is 192 Å². The highest BCUT2D eigenvalue weighted by molar-refractivity contribution is 6.23. The van der Waals surface area contributed by atoms with Gasteiger partial charge in [-0.1, -0.05) is 133 Å². The molecule has 0 radical (unpaired) electrons.